The minimum atomic E-state index is -0.333. The highest BCUT2D eigenvalue weighted by molar-refractivity contribution is 6.30. The Balaban J connectivity index is 2.17. The molecule has 2 aromatic carbocycles. The van der Waals surface area contributed by atoms with Gasteiger partial charge < -0.3 is 14.0 Å². The van der Waals surface area contributed by atoms with Gasteiger partial charge in [0.25, 0.3) is 0 Å². The predicted molar refractivity (Wildman–Crippen MR) is 109 cm³/mol. The largest absolute Gasteiger partial charge is 0.497 e. The normalized spacial score (nSPS) is 12.0. The molecule has 0 aliphatic carbocycles. The number of fused-ring (bicyclic) bond motifs is 1. The van der Waals surface area contributed by atoms with Crippen molar-refractivity contribution < 1.29 is 19.1 Å². The minimum Gasteiger partial charge on any atom is -0.497 e. The van der Waals surface area contributed by atoms with Gasteiger partial charge in [-0.05, 0) is 56.3 Å². The molecule has 0 radical (unpaired) electrons. The fraction of sp³-hybridized carbons (Fsp3) is 0.273. The van der Waals surface area contributed by atoms with Gasteiger partial charge in [0.05, 0.1) is 18.7 Å². The monoisotopic (exact) mass is 399 g/mol. The number of hydrogen-bond donors (Lipinski definition) is 0. The first-order valence-electron chi connectivity index (χ1n) is 8.95. The molecular formula is C22H22ClNO4. The third-order valence-electron chi connectivity index (χ3n) is 4.76. The summed E-state index contributed by atoms with van der Waals surface area (Å²) in [5.74, 6) is 0.244. The molecule has 1 atom stereocenters. The van der Waals surface area contributed by atoms with Crippen LogP contribution in [0.3, 0.4) is 0 Å². The molecule has 6 heteroatoms. The summed E-state index contributed by atoms with van der Waals surface area (Å²) in [4.78, 5) is 24.5. The Morgan fingerprint density at radius 2 is 1.82 bits per heavy atom. The summed E-state index contributed by atoms with van der Waals surface area (Å²) in [5.41, 5.74) is 2.85. The molecule has 5 nitrogen and oxygen atoms in total. The van der Waals surface area contributed by atoms with E-state index < -0.39 is 0 Å². The number of carbonyl (C=O) groups excluding carboxylic acids is 2. The molecule has 1 unspecified atom stereocenters. The van der Waals surface area contributed by atoms with Gasteiger partial charge in [-0.25, -0.2) is 0 Å². The molecule has 0 aliphatic rings. The van der Waals surface area contributed by atoms with Gasteiger partial charge in [-0.1, -0.05) is 11.6 Å². The second-order valence-electron chi connectivity index (χ2n) is 6.70. The van der Waals surface area contributed by atoms with Crippen LogP contribution in [0.15, 0.2) is 42.5 Å². The minimum absolute atomic E-state index is 0.0918. The predicted octanol–water partition coefficient (Wildman–Crippen LogP) is 4.97. The van der Waals surface area contributed by atoms with E-state index in [2.05, 4.69) is 0 Å². The van der Waals surface area contributed by atoms with E-state index in [-0.39, 0.29) is 24.4 Å². The van der Waals surface area contributed by atoms with Gasteiger partial charge in [0, 0.05) is 34.1 Å². The maximum absolute atomic E-state index is 13.3. The summed E-state index contributed by atoms with van der Waals surface area (Å²) in [7, 11) is 1.59. The van der Waals surface area contributed by atoms with Crippen molar-refractivity contribution in [2.75, 3.05) is 13.7 Å². The molecule has 1 heterocycles. The first kappa shape index (κ1) is 20.0. The first-order chi connectivity index (χ1) is 13.3. The van der Waals surface area contributed by atoms with Crippen molar-refractivity contribution in [2.24, 2.45) is 0 Å². The van der Waals surface area contributed by atoms with E-state index in [4.69, 9.17) is 21.1 Å². The number of halogens is 1. The molecule has 0 aliphatic heterocycles. The Bertz CT molecular complexity index is 1040. The summed E-state index contributed by atoms with van der Waals surface area (Å²) in [6, 6.07) is 12.3. The summed E-state index contributed by atoms with van der Waals surface area (Å²) in [5, 5.41) is 1.37. The van der Waals surface area contributed by atoms with Crippen molar-refractivity contribution in [3.63, 3.8) is 0 Å². The number of aromatic nitrogens is 1. The standard InChI is InChI=1S/C22H22ClNO4/c1-13(12-28-15(3)25)24-14(2)21(19-11-18(27-4)9-10-20(19)24)22(26)16-5-7-17(23)8-6-16/h5-11,13H,12H2,1-4H3. The molecule has 0 N–H and O–H groups in total. The van der Waals surface area contributed by atoms with E-state index in [9.17, 15) is 9.59 Å². The van der Waals surface area contributed by atoms with Crippen LogP contribution >= 0.6 is 11.6 Å². The third-order valence-corrected chi connectivity index (χ3v) is 5.01. The Kier molecular flexibility index (Phi) is 5.75. The smallest absolute Gasteiger partial charge is 0.302 e. The number of methoxy groups -OCH3 is 1. The average Bonchev–Trinajstić information content (AvgIpc) is 2.97. The van der Waals surface area contributed by atoms with Gasteiger partial charge in [-0.15, -0.1) is 0 Å². The molecule has 0 fully saturated rings. The number of carbonyl (C=O) groups is 2. The molecule has 0 saturated carbocycles. The molecule has 28 heavy (non-hydrogen) atoms. The molecule has 0 bridgehead atoms. The van der Waals surface area contributed by atoms with Gasteiger partial charge in [0.15, 0.2) is 5.78 Å². The van der Waals surface area contributed by atoms with E-state index in [1.54, 1.807) is 31.4 Å². The molecule has 0 spiro atoms. The summed E-state index contributed by atoms with van der Waals surface area (Å²) >= 11 is 5.96. The second-order valence-corrected chi connectivity index (χ2v) is 7.14. The zero-order valence-electron chi connectivity index (χ0n) is 16.3. The van der Waals surface area contributed by atoms with Crippen molar-refractivity contribution in [1.29, 1.82) is 0 Å². The number of rotatable bonds is 6. The van der Waals surface area contributed by atoms with Crippen molar-refractivity contribution >= 4 is 34.3 Å². The zero-order valence-corrected chi connectivity index (χ0v) is 17.0. The highest BCUT2D eigenvalue weighted by Gasteiger charge is 2.24. The second kappa shape index (κ2) is 8.07. The molecular weight excluding hydrogens is 378 g/mol. The van der Waals surface area contributed by atoms with Gasteiger partial charge in [0.1, 0.15) is 12.4 Å². The molecule has 1 aromatic heterocycles. The van der Waals surface area contributed by atoms with Crippen molar-refractivity contribution in [3.8, 4) is 5.75 Å². The Morgan fingerprint density at radius 3 is 2.43 bits per heavy atom. The maximum atomic E-state index is 13.3. The first-order valence-corrected chi connectivity index (χ1v) is 9.33. The molecule has 3 aromatic rings. The number of hydrogen-bond acceptors (Lipinski definition) is 4. The van der Waals surface area contributed by atoms with Gasteiger partial charge >= 0.3 is 5.97 Å². The van der Waals surface area contributed by atoms with Crippen LogP contribution < -0.4 is 4.74 Å². The lowest BCUT2D eigenvalue weighted by Gasteiger charge is -2.17. The molecule has 0 amide bonds. The Hall–Kier alpha value is -2.79. The quantitative estimate of drug-likeness (QED) is 0.434. The number of ether oxygens (including phenoxy) is 2. The highest BCUT2D eigenvalue weighted by Crippen LogP contribution is 2.33. The van der Waals surface area contributed by atoms with Crippen molar-refractivity contribution in [3.05, 3.63) is 64.3 Å². The number of benzene rings is 2. The topological polar surface area (TPSA) is 57.5 Å². The van der Waals surface area contributed by atoms with Crippen LogP contribution in [0, 0.1) is 6.92 Å². The number of nitrogens with zero attached hydrogens (tertiary/aromatic N) is 1. The van der Waals surface area contributed by atoms with Gasteiger partial charge in [-0.3, -0.25) is 9.59 Å². The van der Waals surface area contributed by atoms with Gasteiger partial charge in [-0.2, -0.15) is 0 Å². The van der Waals surface area contributed by atoms with Crippen LogP contribution in [0.5, 0.6) is 5.75 Å². The summed E-state index contributed by atoms with van der Waals surface area (Å²) < 4.78 is 12.6. The lowest BCUT2D eigenvalue weighted by Crippen LogP contribution is -2.16. The fourth-order valence-electron chi connectivity index (χ4n) is 3.46. The zero-order chi connectivity index (χ0) is 20.4. The summed E-state index contributed by atoms with van der Waals surface area (Å²) in [6.07, 6.45) is 0. The number of esters is 1. The fourth-order valence-corrected chi connectivity index (χ4v) is 3.59. The lowest BCUT2D eigenvalue weighted by atomic mass is 10.0. The number of ketones is 1. The Morgan fingerprint density at radius 1 is 1.14 bits per heavy atom. The lowest BCUT2D eigenvalue weighted by molar-refractivity contribution is -0.141. The van der Waals surface area contributed by atoms with Crippen molar-refractivity contribution in [2.45, 2.75) is 26.8 Å². The third kappa shape index (κ3) is 3.76. The van der Waals surface area contributed by atoms with Crippen LogP contribution in [-0.4, -0.2) is 30.0 Å². The van der Waals surface area contributed by atoms with E-state index in [1.807, 2.05) is 36.6 Å². The van der Waals surface area contributed by atoms with E-state index >= 15 is 0 Å². The average molecular weight is 400 g/mol. The highest BCUT2D eigenvalue weighted by atomic mass is 35.5. The van der Waals surface area contributed by atoms with E-state index in [1.165, 1.54) is 6.92 Å². The van der Waals surface area contributed by atoms with Crippen molar-refractivity contribution in [1.82, 2.24) is 4.57 Å². The SMILES string of the molecule is COc1ccc2c(c1)c(C(=O)c1ccc(Cl)cc1)c(C)n2C(C)COC(C)=O. The van der Waals surface area contributed by atoms with Crippen LogP contribution in [-0.2, 0) is 9.53 Å². The van der Waals surface area contributed by atoms with Crippen LogP contribution in [0.25, 0.3) is 10.9 Å². The molecule has 146 valence electrons. The molecule has 3 rings (SSSR count). The van der Waals surface area contributed by atoms with Crippen LogP contribution in [0.2, 0.25) is 5.02 Å². The molecule has 0 saturated heterocycles. The van der Waals surface area contributed by atoms with Gasteiger partial charge in [0.2, 0.25) is 0 Å². The van der Waals surface area contributed by atoms with E-state index in [0.29, 0.717) is 21.9 Å². The maximum Gasteiger partial charge on any atom is 0.302 e. The van der Waals surface area contributed by atoms with E-state index in [0.717, 1.165) is 16.6 Å². The van der Waals surface area contributed by atoms with Crippen LogP contribution in [0.4, 0.5) is 0 Å². The Labute approximate surface area is 168 Å². The summed E-state index contributed by atoms with van der Waals surface area (Å²) in [6.45, 7) is 5.46. The van der Waals surface area contributed by atoms with Crippen LogP contribution in [0.1, 0.15) is 41.5 Å².